The Bertz CT molecular complexity index is 387. The van der Waals surface area contributed by atoms with Gasteiger partial charge in [-0.25, -0.2) is 4.98 Å². The van der Waals surface area contributed by atoms with Crippen molar-refractivity contribution in [3.05, 3.63) is 10.6 Å². The van der Waals surface area contributed by atoms with E-state index >= 15 is 0 Å². The fourth-order valence-electron chi connectivity index (χ4n) is 2.04. The number of anilines is 1. The maximum atomic E-state index is 11.0. The fraction of sp³-hybridized carbons (Fsp3) is 0.714. The largest absolute Gasteiger partial charge is 0.348 e. The highest BCUT2D eigenvalue weighted by Gasteiger charge is 2.17. The monoisotopic (exact) mass is 268 g/mol. The first kappa shape index (κ1) is 15.2. The summed E-state index contributed by atoms with van der Waals surface area (Å²) in [6, 6.07) is 0.449. The quantitative estimate of drug-likeness (QED) is 0.706. The number of aromatic nitrogens is 1. The molecular weight excluding hydrogens is 244 g/mol. The maximum absolute atomic E-state index is 11.0. The van der Waals surface area contributed by atoms with Gasteiger partial charge < -0.3 is 4.90 Å². The van der Waals surface area contributed by atoms with Crippen molar-refractivity contribution in [2.24, 2.45) is 5.92 Å². The number of carbonyl (C=O) groups is 1. The Morgan fingerprint density at radius 1 is 1.39 bits per heavy atom. The molecule has 0 aliphatic rings. The second-order valence-electron chi connectivity index (χ2n) is 5.26. The SMILES string of the molecule is CCCc1nc(N(C)C(C)CC(C)C)sc1C=O. The molecule has 0 N–H and O–H groups in total. The Balaban J connectivity index is 2.85. The molecule has 1 atom stereocenters. The van der Waals surface area contributed by atoms with Gasteiger partial charge in [0.2, 0.25) is 0 Å². The van der Waals surface area contributed by atoms with Gasteiger partial charge in [0.1, 0.15) is 0 Å². The summed E-state index contributed by atoms with van der Waals surface area (Å²) in [5, 5.41) is 0.966. The Labute approximate surface area is 114 Å². The van der Waals surface area contributed by atoms with Gasteiger partial charge in [0.05, 0.1) is 10.6 Å². The molecule has 0 aliphatic carbocycles. The van der Waals surface area contributed by atoms with Gasteiger partial charge in [-0.1, -0.05) is 38.5 Å². The molecule has 0 radical (unpaired) electrons. The lowest BCUT2D eigenvalue weighted by Crippen LogP contribution is -2.29. The van der Waals surface area contributed by atoms with Crippen LogP contribution in [0.3, 0.4) is 0 Å². The van der Waals surface area contributed by atoms with Gasteiger partial charge in [-0.2, -0.15) is 0 Å². The van der Waals surface area contributed by atoms with Gasteiger partial charge in [-0.3, -0.25) is 4.79 Å². The van der Waals surface area contributed by atoms with E-state index < -0.39 is 0 Å². The standard InChI is InChI=1S/C14H24N2OS/c1-6-7-12-13(9-17)18-14(15-12)16(5)11(4)8-10(2)3/h9-11H,6-8H2,1-5H3. The number of hydrogen-bond acceptors (Lipinski definition) is 4. The topological polar surface area (TPSA) is 33.2 Å². The van der Waals surface area contributed by atoms with E-state index in [0.717, 1.165) is 41.3 Å². The average molecular weight is 268 g/mol. The van der Waals surface area contributed by atoms with E-state index in [1.807, 2.05) is 0 Å². The highest BCUT2D eigenvalue weighted by molar-refractivity contribution is 7.17. The molecule has 18 heavy (non-hydrogen) atoms. The number of nitrogens with zero attached hydrogens (tertiary/aromatic N) is 2. The van der Waals surface area contributed by atoms with Crippen LogP contribution in [0.1, 0.15) is 55.9 Å². The summed E-state index contributed by atoms with van der Waals surface area (Å²) in [5.41, 5.74) is 0.955. The maximum Gasteiger partial charge on any atom is 0.186 e. The molecule has 102 valence electrons. The smallest absolute Gasteiger partial charge is 0.186 e. The van der Waals surface area contributed by atoms with Crippen LogP contribution in [0.4, 0.5) is 5.13 Å². The van der Waals surface area contributed by atoms with Gasteiger partial charge in [0, 0.05) is 13.1 Å². The summed E-state index contributed by atoms with van der Waals surface area (Å²) in [4.78, 5) is 18.6. The predicted octanol–water partition coefficient (Wildman–Crippen LogP) is 3.78. The molecule has 0 fully saturated rings. The van der Waals surface area contributed by atoms with Crippen molar-refractivity contribution in [2.75, 3.05) is 11.9 Å². The van der Waals surface area contributed by atoms with E-state index in [0.29, 0.717) is 12.0 Å². The first-order valence-electron chi connectivity index (χ1n) is 6.67. The van der Waals surface area contributed by atoms with Gasteiger partial charge in [-0.15, -0.1) is 0 Å². The zero-order valence-electron chi connectivity index (χ0n) is 12.1. The summed E-state index contributed by atoms with van der Waals surface area (Å²) in [6.45, 7) is 8.78. The Morgan fingerprint density at radius 2 is 2.06 bits per heavy atom. The van der Waals surface area contributed by atoms with Crippen LogP contribution in [0.25, 0.3) is 0 Å². The minimum absolute atomic E-state index is 0.449. The van der Waals surface area contributed by atoms with Crippen molar-refractivity contribution < 1.29 is 4.79 Å². The van der Waals surface area contributed by atoms with Crippen LogP contribution >= 0.6 is 11.3 Å². The molecule has 0 saturated carbocycles. The third-order valence-corrected chi connectivity index (χ3v) is 4.20. The Morgan fingerprint density at radius 3 is 2.56 bits per heavy atom. The van der Waals surface area contributed by atoms with Crippen LogP contribution in [0.15, 0.2) is 0 Å². The number of aryl methyl sites for hydroxylation is 1. The van der Waals surface area contributed by atoms with Crippen LogP contribution in [-0.2, 0) is 6.42 Å². The third-order valence-electron chi connectivity index (χ3n) is 3.09. The molecule has 0 saturated heterocycles. The zero-order valence-corrected chi connectivity index (χ0v) is 12.9. The second kappa shape index (κ2) is 6.88. The molecule has 1 unspecified atom stereocenters. The van der Waals surface area contributed by atoms with Crippen LogP contribution in [0.5, 0.6) is 0 Å². The zero-order chi connectivity index (χ0) is 13.7. The van der Waals surface area contributed by atoms with E-state index in [2.05, 4.69) is 44.6 Å². The van der Waals surface area contributed by atoms with Crippen molar-refractivity contribution in [1.29, 1.82) is 0 Å². The van der Waals surface area contributed by atoms with Crippen molar-refractivity contribution in [1.82, 2.24) is 4.98 Å². The van der Waals surface area contributed by atoms with E-state index in [4.69, 9.17) is 0 Å². The lowest BCUT2D eigenvalue weighted by molar-refractivity contribution is 0.112. The first-order chi connectivity index (χ1) is 8.49. The molecule has 1 heterocycles. The molecule has 0 aromatic carbocycles. The lowest BCUT2D eigenvalue weighted by Gasteiger charge is -2.25. The van der Waals surface area contributed by atoms with Gasteiger partial charge in [0.25, 0.3) is 0 Å². The van der Waals surface area contributed by atoms with Crippen LogP contribution < -0.4 is 4.90 Å². The molecule has 3 nitrogen and oxygen atoms in total. The number of aldehydes is 1. The van der Waals surface area contributed by atoms with E-state index in [9.17, 15) is 4.79 Å². The summed E-state index contributed by atoms with van der Waals surface area (Å²) < 4.78 is 0. The molecule has 0 bridgehead atoms. The van der Waals surface area contributed by atoms with Crippen LogP contribution in [-0.4, -0.2) is 24.4 Å². The van der Waals surface area contributed by atoms with Gasteiger partial charge >= 0.3 is 0 Å². The normalized spacial score (nSPS) is 12.8. The van der Waals surface area contributed by atoms with Crippen LogP contribution in [0.2, 0.25) is 0 Å². The lowest BCUT2D eigenvalue weighted by atomic mass is 10.0. The molecule has 0 amide bonds. The summed E-state index contributed by atoms with van der Waals surface area (Å²) in [5.74, 6) is 0.670. The minimum atomic E-state index is 0.449. The van der Waals surface area contributed by atoms with E-state index in [1.165, 1.54) is 11.3 Å². The molecule has 1 aromatic rings. The molecular formula is C14H24N2OS. The van der Waals surface area contributed by atoms with E-state index in [1.54, 1.807) is 0 Å². The number of thiazole rings is 1. The Kier molecular flexibility index (Phi) is 5.79. The summed E-state index contributed by atoms with van der Waals surface area (Å²) in [7, 11) is 2.07. The van der Waals surface area contributed by atoms with Crippen molar-refractivity contribution in [2.45, 2.75) is 53.0 Å². The summed E-state index contributed by atoms with van der Waals surface area (Å²) in [6.07, 6.45) is 3.98. The molecule has 4 heteroatoms. The fourth-order valence-corrected chi connectivity index (χ4v) is 3.03. The van der Waals surface area contributed by atoms with Crippen LogP contribution in [0, 0.1) is 5.92 Å². The molecule has 1 rings (SSSR count). The third kappa shape index (κ3) is 3.80. The second-order valence-corrected chi connectivity index (χ2v) is 6.27. The van der Waals surface area contributed by atoms with Gasteiger partial charge in [0.15, 0.2) is 11.4 Å². The average Bonchev–Trinajstić information content (AvgIpc) is 2.70. The highest BCUT2D eigenvalue weighted by Crippen LogP contribution is 2.27. The summed E-state index contributed by atoms with van der Waals surface area (Å²) >= 11 is 1.51. The number of carbonyl (C=O) groups excluding carboxylic acids is 1. The first-order valence-corrected chi connectivity index (χ1v) is 7.48. The number of hydrogen-bond donors (Lipinski definition) is 0. The minimum Gasteiger partial charge on any atom is -0.348 e. The Hall–Kier alpha value is -0.900. The van der Waals surface area contributed by atoms with Crippen molar-refractivity contribution in [3.63, 3.8) is 0 Å². The predicted molar refractivity (Wildman–Crippen MR) is 78.8 cm³/mol. The van der Waals surface area contributed by atoms with Crippen molar-refractivity contribution >= 4 is 22.8 Å². The molecule has 0 spiro atoms. The van der Waals surface area contributed by atoms with E-state index in [-0.39, 0.29) is 0 Å². The highest BCUT2D eigenvalue weighted by atomic mass is 32.1. The van der Waals surface area contributed by atoms with Crippen molar-refractivity contribution in [3.8, 4) is 0 Å². The molecule has 0 aliphatic heterocycles. The number of rotatable bonds is 7. The van der Waals surface area contributed by atoms with Gasteiger partial charge in [-0.05, 0) is 25.7 Å². The molecule has 1 aromatic heterocycles.